The SMILES string of the molecule is CC(C)=NN1C(=O)N(c2ccccc2)CC1Cc1cccnc1. The van der Waals surface area contributed by atoms with E-state index >= 15 is 0 Å². The Balaban J connectivity index is 1.87. The molecule has 0 aliphatic carbocycles. The third kappa shape index (κ3) is 3.39. The average Bonchev–Trinajstić information content (AvgIpc) is 2.85. The van der Waals surface area contributed by atoms with Crippen LogP contribution in [-0.4, -0.2) is 34.3 Å². The van der Waals surface area contributed by atoms with E-state index in [4.69, 9.17) is 0 Å². The second-order valence-corrected chi connectivity index (χ2v) is 5.84. The molecule has 2 aromatic rings. The fourth-order valence-electron chi connectivity index (χ4n) is 2.75. The van der Waals surface area contributed by atoms with E-state index in [2.05, 4.69) is 10.1 Å². The van der Waals surface area contributed by atoms with Crippen molar-refractivity contribution in [2.75, 3.05) is 11.4 Å². The number of amides is 2. The Labute approximate surface area is 136 Å². The molecular weight excluding hydrogens is 288 g/mol. The van der Waals surface area contributed by atoms with Crippen molar-refractivity contribution in [1.82, 2.24) is 9.99 Å². The van der Waals surface area contributed by atoms with E-state index < -0.39 is 0 Å². The van der Waals surface area contributed by atoms with Crippen molar-refractivity contribution in [3.8, 4) is 0 Å². The molecule has 2 amide bonds. The first-order chi connectivity index (χ1) is 11.1. The molecule has 1 unspecified atom stereocenters. The van der Waals surface area contributed by atoms with Crippen LogP contribution >= 0.6 is 0 Å². The highest BCUT2D eigenvalue weighted by Crippen LogP contribution is 2.26. The van der Waals surface area contributed by atoms with E-state index in [1.54, 1.807) is 16.1 Å². The second-order valence-electron chi connectivity index (χ2n) is 5.84. The third-order valence-corrected chi connectivity index (χ3v) is 3.74. The van der Waals surface area contributed by atoms with Crippen LogP contribution in [0.5, 0.6) is 0 Å². The number of aromatic nitrogens is 1. The molecule has 5 heteroatoms. The lowest BCUT2D eigenvalue weighted by Crippen LogP contribution is -2.32. The summed E-state index contributed by atoms with van der Waals surface area (Å²) >= 11 is 0. The Hall–Kier alpha value is -2.69. The van der Waals surface area contributed by atoms with Crippen molar-refractivity contribution in [3.05, 3.63) is 60.4 Å². The van der Waals surface area contributed by atoms with Gasteiger partial charge in [0.2, 0.25) is 0 Å². The maximum Gasteiger partial charge on any atom is 0.345 e. The van der Waals surface area contributed by atoms with Gasteiger partial charge >= 0.3 is 6.03 Å². The zero-order valence-corrected chi connectivity index (χ0v) is 13.4. The van der Waals surface area contributed by atoms with Gasteiger partial charge in [0.25, 0.3) is 0 Å². The number of hydrogen-bond acceptors (Lipinski definition) is 3. The molecule has 2 heterocycles. The van der Waals surface area contributed by atoms with E-state index in [0.717, 1.165) is 23.4 Å². The van der Waals surface area contributed by atoms with Gasteiger partial charge in [-0.1, -0.05) is 24.3 Å². The van der Waals surface area contributed by atoms with Gasteiger partial charge in [-0.2, -0.15) is 5.10 Å². The van der Waals surface area contributed by atoms with Gasteiger partial charge in [-0.3, -0.25) is 9.88 Å². The Bertz CT molecular complexity index is 695. The molecule has 118 valence electrons. The number of rotatable bonds is 4. The summed E-state index contributed by atoms with van der Waals surface area (Å²) in [6.07, 6.45) is 4.34. The Morgan fingerprint density at radius 1 is 1.22 bits per heavy atom. The minimum absolute atomic E-state index is 0.00167. The zero-order valence-electron chi connectivity index (χ0n) is 13.4. The van der Waals surface area contributed by atoms with Crippen LogP contribution in [0.1, 0.15) is 19.4 Å². The van der Waals surface area contributed by atoms with Crippen LogP contribution in [0.15, 0.2) is 60.0 Å². The second kappa shape index (κ2) is 6.60. The van der Waals surface area contributed by atoms with Crippen molar-refractivity contribution in [3.63, 3.8) is 0 Å². The van der Waals surface area contributed by atoms with E-state index in [9.17, 15) is 4.79 Å². The van der Waals surface area contributed by atoms with E-state index in [0.29, 0.717) is 6.54 Å². The molecule has 5 nitrogen and oxygen atoms in total. The van der Waals surface area contributed by atoms with Crippen molar-refractivity contribution in [2.45, 2.75) is 26.3 Å². The smallest absolute Gasteiger partial charge is 0.291 e. The van der Waals surface area contributed by atoms with Gasteiger partial charge in [0, 0.05) is 23.8 Å². The van der Waals surface area contributed by atoms with Crippen LogP contribution in [0, 0.1) is 0 Å². The molecule has 0 radical (unpaired) electrons. The molecule has 1 aliphatic rings. The Morgan fingerprint density at radius 3 is 2.65 bits per heavy atom. The minimum Gasteiger partial charge on any atom is -0.291 e. The van der Waals surface area contributed by atoms with Crippen molar-refractivity contribution < 1.29 is 4.79 Å². The maximum atomic E-state index is 12.8. The fourth-order valence-corrected chi connectivity index (χ4v) is 2.75. The predicted octanol–water partition coefficient (Wildman–Crippen LogP) is 3.33. The summed E-state index contributed by atoms with van der Waals surface area (Å²) in [4.78, 5) is 18.7. The first kappa shape index (κ1) is 15.2. The summed E-state index contributed by atoms with van der Waals surface area (Å²) < 4.78 is 0. The topological polar surface area (TPSA) is 48.8 Å². The number of hydrazone groups is 1. The number of pyridine rings is 1. The summed E-state index contributed by atoms with van der Waals surface area (Å²) in [6, 6.07) is 13.6. The summed E-state index contributed by atoms with van der Waals surface area (Å²) in [5, 5.41) is 6.06. The van der Waals surface area contributed by atoms with Gasteiger partial charge in [0.1, 0.15) is 0 Å². The van der Waals surface area contributed by atoms with E-state index in [-0.39, 0.29) is 12.1 Å². The van der Waals surface area contributed by atoms with Crippen LogP contribution in [0.3, 0.4) is 0 Å². The molecule has 1 fully saturated rings. The molecule has 3 rings (SSSR count). The number of carbonyl (C=O) groups is 1. The first-order valence-corrected chi connectivity index (χ1v) is 7.71. The lowest BCUT2D eigenvalue weighted by molar-refractivity contribution is 0.208. The summed E-state index contributed by atoms with van der Waals surface area (Å²) in [5.74, 6) is 0. The number of benzene rings is 1. The van der Waals surface area contributed by atoms with Crippen LogP contribution in [0.2, 0.25) is 0 Å². The zero-order chi connectivity index (χ0) is 16.2. The molecule has 23 heavy (non-hydrogen) atoms. The molecule has 1 aromatic heterocycles. The van der Waals surface area contributed by atoms with Gasteiger partial charge in [0.15, 0.2) is 0 Å². The molecule has 1 aliphatic heterocycles. The van der Waals surface area contributed by atoms with Crippen LogP contribution < -0.4 is 4.90 Å². The standard InChI is InChI=1S/C18H20N4O/c1-14(2)20-22-17(11-15-7-6-10-19-12-15)13-21(18(22)23)16-8-4-3-5-9-16/h3-10,12,17H,11,13H2,1-2H3. The van der Waals surface area contributed by atoms with Crippen molar-refractivity contribution in [2.24, 2.45) is 5.10 Å². The summed E-state index contributed by atoms with van der Waals surface area (Å²) in [7, 11) is 0. The van der Waals surface area contributed by atoms with E-state index in [1.165, 1.54) is 0 Å². The normalized spacial score (nSPS) is 17.5. The van der Waals surface area contributed by atoms with Gasteiger partial charge in [-0.05, 0) is 44.0 Å². The molecular formula is C18H20N4O. The number of carbonyl (C=O) groups excluding carboxylic acids is 1. The van der Waals surface area contributed by atoms with Crippen molar-refractivity contribution in [1.29, 1.82) is 0 Å². The highest BCUT2D eigenvalue weighted by atomic mass is 16.2. The predicted molar refractivity (Wildman–Crippen MR) is 91.5 cm³/mol. The van der Waals surface area contributed by atoms with Crippen LogP contribution in [0.25, 0.3) is 0 Å². The van der Waals surface area contributed by atoms with Gasteiger partial charge < -0.3 is 0 Å². The van der Waals surface area contributed by atoms with Crippen molar-refractivity contribution >= 4 is 17.4 Å². The highest BCUT2D eigenvalue weighted by Gasteiger charge is 2.38. The number of para-hydroxylation sites is 1. The molecule has 0 saturated carbocycles. The molecule has 1 atom stereocenters. The molecule has 0 spiro atoms. The molecule has 1 aromatic carbocycles. The largest absolute Gasteiger partial charge is 0.345 e. The lowest BCUT2D eigenvalue weighted by Gasteiger charge is -2.18. The molecule has 0 bridgehead atoms. The third-order valence-electron chi connectivity index (χ3n) is 3.74. The van der Waals surface area contributed by atoms with Gasteiger partial charge in [-0.15, -0.1) is 0 Å². The van der Waals surface area contributed by atoms with Gasteiger partial charge in [-0.25, -0.2) is 9.80 Å². The monoisotopic (exact) mass is 308 g/mol. The summed E-state index contributed by atoms with van der Waals surface area (Å²) in [6.45, 7) is 4.42. The average molecular weight is 308 g/mol. The number of hydrogen-bond donors (Lipinski definition) is 0. The van der Waals surface area contributed by atoms with Gasteiger partial charge in [0.05, 0.1) is 12.6 Å². The van der Waals surface area contributed by atoms with E-state index in [1.807, 2.05) is 62.5 Å². The Morgan fingerprint density at radius 2 is 2.00 bits per heavy atom. The molecule has 1 saturated heterocycles. The first-order valence-electron chi connectivity index (χ1n) is 7.71. The van der Waals surface area contributed by atoms with Crippen LogP contribution in [-0.2, 0) is 6.42 Å². The summed E-state index contributed by atoms with van der Waals surface area (Å²) in [5.41, 5.74) is 2.87. The fraction of sp³-hybridized carbons (Fsp3) is 0.278. The lowest BCUT2D eigenvalue weighted by atomic mass is 10.1. The maximum absolute atomic E-state index is 12.8. The molecule has 0 N–H and O–H groups in total. The number of anilines is 1. The highest BCUT2D eigenvalue weighted by molar-refractivity contribution is 5.95. The quantitative estimate of drug-likeness (QED) is 0.813. The van der Waals surface area contributed by atoms with Crippen LogP contribution in [0.4, 0.5) is 10.5 Å². The number of nitrogens with zero attached hydrogens (tertiary/aromatic N) is 4. The minimum atomic E-state index is -0.0775. The Kier molecular flexibility index (Phi) is 4.37. The number of urea groups is 1.